The minimum Gasteiger partial charge on any atom is -0.351 e. The molecular weight excluding hydrogens is 340 g/mol. The number of carbonyl (C=O) groups excluding carboxylic acids is 1. The standard InChI is InChI=1S/C21H22N4O2/c1-12-9-19(26)24-20(22-12)15-5-4-6-16(10-15)23-21(27)17-11-18(14-7-8-14)25(3)13(17)2/h4-6,9-11,14H,7-8H2,1-3H3,(H,23,27)(H,22,24,26). The Labute approximate surface area is 157 Å². The van der Waals surface area contributed by atoms with Gasteiger partial charge in [-0.25, -0.2) is 4.98 Å². The average Bonchev–Trinajstić information content (AvgIpc) is 3.41. The third kappa shape index (κ3) is 3.43. The molecule has 1 saturated carbocycles. The highest BCUT2D eigenvalue weighted by molar-refractivity contribution is 6.05. The van der Waals surface area contributed by atoms with Gasteiger partial charge in [0.15, 0.2) is 0 Å². The predicted octanol–water partition coefficient (Wildman–Crippen LogP) is 3.52. The van der Waals surface area contributed by atoms with Gasteiger partial charge in [0.2, 0.25) is 0 Å². The molecule has 0 radical (unpaired) electrons. The fraction of sp³-hybridized carbons (Fsp3) is 0.286. The summed E-state index contributed by atoms with van der Waals surface area (Å²) in [5, 5.41) is 2.97. The van der Waals surface area contributed by atoms with Crippen LogP contribution in [0.2, 0.25) is 0 Å². The molecule has 0 spiro atoms. The van der Waals surface area contributed by atoms with Crippen molar-refractivity contribution in [2.75, 3.05) is 5.32 Å². The third-order valence-corrected chi connectivity index (χ3v) is 5.08. The molecule has 0 aliphatic heterocycles. The molecule has 6 heteroatoms. The molecule has 2 N–H and O–H groups in total. The minimum absolute atomic E-state index is 0.127. The lowest BCUT2D eigenvalue weighted by molar-refractivity contribution is 0.102. The first-order chi connectivity index (χ1) is 12.9. The lowest BCUT2D eigenvalue weighted by Gasteiger charge is -2.08. The van der Waals surface area contributed by atoms with Gasteiger partial charge in [0.05, 0.1) is 5.56 Å². The lowest BCUT2D eigenvalue weighted by Crippen LogP contribution is -2.13. The molecular formula is C21H22N4O2. The first-order valence-corrected chi connectivity index (χ1v) is 9.08. The Balaban J connectivity index is 1.61. The van der Waals surface area contributed by atoms with Crippen molar-refractivity contribution in [3.8, 4) is 11.4 Å². The van der Waals surface area contributed by atoms with E-state index in [4.69, 9.17) is 0 Å². The van der Waals surface area contributed by atoms with Gasteiger partial charge in [-0.2, -0.15) is 0 Å². The van der Waals surface area contributed by atoms with Crippen LogP contribution in [-0.4, -0.2) is 20.4 Å². The molecule has 0 atom stereocenters. The molecule has 3 aromatic rings. The monoisotopic (exact) mass is 362 g/mol. The van der Waals surface area contributed by atoms with Crippen molar-refractivity contribution < 1.29 is 4.79 Å². The molecule has 27 heavy (non-hydrogen) atoms. The van der Waals surface area contributed by atoms with Crippen LogP contribution in [0.15, 0.2) is 41.2 Å². The van der Waals surface area contributed by atoms with Gasteiger partial charge in [0.1, 0.15) is 5.82 Å². The quantitative estimate of drug-likeness (QED) is 0.745. The average molecular weight is 362 g/mol. The zero-order valence-electron chi connectivity index (χ0n) is 15.7. The number of nitrogens with zero attached hydrogens (tertiary/aromatic N) is 2. The molecule has 0 saturated heterocycles. The number of amides is 1. The first-order valence-electron chi connectivity index (χ1n) is 9.08. The van der Waals surface area contributed by atoms with Gasteiger partial charge in [0, 0.05) is 41.4 Å². The lowest BCUT2D eigenvalue weighted by atomic mass is 10.1. The van der Waals surface area contributed by atoms with E-state index in [0.29, 0.717) is 28.7 Å². The van der Waals surface area contributed by atoms with E-state index in [1.165, 1.54) is 24.6 Å². The van der Waals surface area contributed by atoms with Crippen molar-refractivity contribution in [1.82, 2.24) is 14.5 Å². The zero-order valence-corrected chi connectivity index (χ0v) is 15.7. The van der Waals surface area contributed by atoms with Crippen molar-refractivity contribution in [2.45, 2.75) is 32.6 Å². The summed E-state index contributed by atoms with van der Waals surface area (Å²) in [4.78, 5) is 31.6. The number of aromatic nitrogens is 3. The molecule has 1 aliphatic carbocycles. The number of hydrogen-bond acceptors (Lipinski definition) is 3. The second-order valence-electron chi connectivity index (χ2n) is 7.17. The third-order valence-electron chi connectivity index (χ3n) is 5.08. The van der Waals surface area contributed by atoms with Crippen molar-refractivity contribution >= 4 is 11.6 Å². The van der Waals surface area contributed by atoms with E-state index in [1.54, 1.807) is 6.92 Å². The Morgan fingerprint density at radius 2 is 2.00 bits per heavy atom. The van der Waals surface area contributed by atoms with Crippen molar-refractivity contribution in [3.05, 3.63) is 69.4 Å². The van der Waals surface area contributed by atoms with Crippen LogP contribution >= 0.6 is 0 Å². The summed E-state index contributed by atoms with van der Waals surface area (Å²) < 4.78 is 2.12. The fourth-order valence-electron chi connectivity index (χ4n) is 3.38. The van der Waals surface area contributed by atoms with Gasteiger partial charge in [-0.3, -0.25) is 9.59 Å². The van der Waals surface area contributed by atoms with Crippen LogP contribution in [-0.2, 0) is 7.05 Å². The Kier molecular flexibility index (Phi) is 4.18. The zero-order chi connectivity index (χ0) is 19.1. The van der Waals surface area contributed by atoms with Crippen LogP contribution in [0, 0.1) is 13.8 Å². The fourth-order valence-corrected chi connectivity index (χ4v) is 3.38. The number of aryl methyl sites for hydroxylation is 1. The molecule has 138 valence electrons. The normalized spacial score (nSPS) is 13.6. The molecule has 1 aliphatic rings. The smallest absolute Gasteiger partial charge is 0.257 e. The predicted molar refractivity (Wildman–Crippen MR) is 105 cm³/mol. The van der Waals surface area contributed by atoms with Gasteiger partial charge in [-0.1, -0.05) is 12.1 Å². The Morgan fingerprint density at radius 1 is 1.22 bits per heavy atom. The summed E-state index contributed by atoms with van der Waals surface area (Å²) in [7, 11) is 2.01. The molecule has 6 nitrogen and oxygen atoms in total. The topological polar surface area (TPSA) is 79.8 Å². The first kappa shape index (κ1) is 17.3. The van der Waals surface area contributed by atoms with E-state index >= 15 is 0 Å². The van der Waals surface area contributed by atoms with Crippen LogP contribution < -0.4 is 10.9 Å². The summed E-state index contributed by atoms with van der Waals surface area (Å²) in [5.41, 5.74) is 4.76. The number of hydrogen-bond donors (Lipinski definition) is 2. The molecule has 2 aromatic heterocycles. The number of rotatable bonds is 4. The van der Waals surface area contributed by atoms with Gasteiger partial charge >= 0.3 is 0 Å². The largest absolute Gasteiger partial charge is 0.351 e. The summed E-state index contributed by atoms with van der Waals surface area (Å²) in [6, 6.07) is 10.8. The van der Waals surface area contributed by atoms with E-state index in [0.717, 1.165) is 11.3 Å². The maximum absolute atomic E-state index is 12.8. The highest BCUT2D eigenvalue weighted by atomic mass is 16.1. The maximum Gasteiger partial charge on any atom is 0.257 e. The van der Waals surface area contributed by atoms with Crippen molar-refractivity contribution in [1.29, 1.82) is 0 Å². The second-order valence-corrected chi connectivity index (χ2v) is 7.17. The van der Waals surface area contributed by atoms with Crippen LogP contribution in [0.1, 0.15) is 46.2 Å². The van der Waals surface area contributed by atoms with Crippen molar-refractivity contribution in [3.63, 3.8) is 0 Å². The van der Waals surface area contributed by atoms with E-state index in [-0.39, 0.29) is 11.5 Å². The number of nitrogens with one attached hydrogen (secondary N) is 2. The van der Waals surface area contributed by atoms with Crippen LogP contribution in [0.5, 0.6) is 0 Å². The number of carbonyl (C=O) groups is 1. The summed E-state index contributed by atoms with van der Waals surface area (Å²) in [6.45, 7) is 3.75. The Hall–Kier alpha value is -3.15. The molecule has 4 rings (SSSR count). The molecule has 0 bridgehead atoms. The van der Waals surface area contributed by atoms with Gasteiger partial charge < -0.3 is 14.9 Å². The number of anilines is 1. The van der Waals surface area contributed by atoms with E-state index < -0.39 is 0 Å². The number of benzene rings is 1. The summed E-state index contributed by atoms with van der Waals surface area (Å²) in [5.74, 6) is 0.948. The van der Waals surface area contributed by atoms with E-state index in [1.807, 2.05) is 44.3 Å². The molecule has 2 heterocycles. The second kappa shape index (κ2) is 6.54. The molecule has 1 aromatic carbocycles. The Bertz CT molecular complexity index is 1090. The van der Waals surface area contributed by atoms with E-state index in [2.05, 4.69) is 19.9 Å². The Morgan fingerprint density at radius 3 is 2.70 bits per heavy atom. The minimum atomic E-state index is -0.195. The number of aromatic amines is 1. The summed E-state index contributed by atoms with van der Waals surface area (Å²) in [6.07, 6.45) is 2.39. The number of H-pyrrole nitrogens is 1. The van der Waals surface area contributed by atoms with Crippen LogP contribution in [0.4, 0.5) is 5.69 Å². The van der Waals surface area contributed by atoms with E-state index in [9.17, 15) is 9.59 Å². The highest BCUT2D eigenvalue weighted by Gasteiger charge is 2.28. The molecule has 1 fully saturated rings. The van der Waals surface area contributed by atoms with Gasteiger partial charge in [-0.05, 0) is 50.8 Å². The molecule has 0 unspecified atom stereocenters. The summed E-state index contributed by atoms with van der Waals surface area (Å²) >= 11 is 0. The highest BCUT2D eigenvalue weighted by Crippen LogP contribution is 2.41. The van der Waals surface area contributed by atoms with Gasteiger partial charge in [-0.15, -0.1) is 0 Å². The molecule has 1 amide bonds. The maximum atomic E-state index is 12.8. The van der Waals surface area contributed by atoms with Crippen molar-refractivity contribution in [2.24, 2.45) is 7.05 Å². The van der Waals surface area contributed by atoms with Crippen LogP contribution in [0.25, 0.3) is 11.4 Å². The SMILES string of the molecule is Cc1cc(=O)[nH]c(-c2cccc(NC(=O)c3cc(C4CC4)n(C)c3C)c2)n1. The van der Waals surface area contributed by atoms with Gasteiger partial charge in [0.25, 0.3) is 11.5 Å². The van der Waals surface area contributed by atoms with Crippen LogP contribution in [0.3, 0.4) is 0 Å².